The van der Waals surface area contributed by atoms with E-state index >= 15 is 0 Å². The fourth-order valence-electron chi connectivity index (χ4n) is 1.70. The Morgan fingerprint density at radius 1 is 1.61 bits per heavy atom. The van der Waals surface area contributed by atoms with Crippen molar-refractivity contribution < 1.29 is 0 Å². The molecular formula is C12H14N4OS. The number of nitrogens with one attached hydrogen (secondary N) is 1. The average Bonchev–Trinajstić information content (AvgIpc) is 2.73. The number of nitriles is 1. The number of pyridine rings is 1. The van der Waals surface area contributed by atoms with Gasteiger partial charge in [-0.25, -0.2) is 4.40 Å². The van der Waals surface area contributed by atoms with Crippen molar-refractivity contribution >= 4 is 17.4 Å². The van der Waals surface area contributed by atoms with Gasteiger partial charge in [0.05, 0.1) is 0 Å². The lowest BCUT2D eigenvalue weighted by atomic mass is 10.2. The Kier molecular flexibility index (Phi) is 3.72. The minimum atomic E-state index is -0.291. The highest BCUT2D eigenvalue weighted by Crippen LogP contribution is 2.18. The van der Waals surface area contributed by atoms with Crippen LogP contribution in [0.1, 0.15) is 30.9 Å². The van der Waals surface area contributed by atoms with Crippen LogP contribution in [0, 0.1) is 18.3 Å². The first-order chi connectivity index (χ1) is 8.69. The number of hydrogen-bond acceptors (Lipinski definition) is 4. The summed E-state index contributed by atoms with van der Waals surface area (Å²) >= 11 is 1.53. The third-order valence-corrected chi connectivity index (χ3v) is 3.73. The Morgan fingerprint density at radius 3 is 3.06 bits per heavy atom. The van der Waals surface area contributed by atoms with Crippen molar-refractivity contribution in [2.75, 3.05) is 5.75 Å². The van der Waals surface area contributed by atoms with E-state index in [2.05, 4.69) is 17.1 Å². The Hall–Kier alpha value is -1.74. The fourth-order valence-corrected chi connectivity index (χ4v) is 2.74. The van der Waals surface area contributed by atoms with Crippen LogP contribution in [-0.2, 0) is 0 Å². The highest BCUT2D eigenvalue weighted by Gasteiger charge is 2.13. The molecule has 2 aromatic rings. The molecule has 0 amide bonds. The van der Waals surface area contributed by atoms with Crippen molar-refractivity contribution in [1.82, 2.24) is 14.6 Å². The van der Waals surface area contributed by atoms with E-state index in [4.69, 9.17) is 5.26 Å². The molecule has 0 aromatic carbocycles. The summed E-state index contributed by atoms with van der Waals surface area (Å²) in [6.07, 6.45) is 2.18. The van der Waals surface area contributed by atoms with Crippen LogP contribution in [0.2, 0.25) is 0 Å². The Balaban J connectivity index is 2.52. The Labute approximate surface area is 109 Å². The summed E-state index contributed by atoms with van der Waals surface area (Å²) in [7, 11) is 0. The van der Waals surface area contributed by atoms with Crippen molar-refractivity contribution in [3.63, 3.8) is 0 Å². The maximum absolute atomic E-state index is 12.2. The van der Waals surface area contributed by atoms with Gasteiger partial charge in [0, 0.05) is 5.75 Å². The van der Waals surface area contributed by atoms with E-state index in [1.807, 2.05) is 6.07 Å². The maximum Gasteiger partial charge on any atom is 0.276 e. The summed E-state index contributed by atoms with van der Waals surface area (Å²) in [6.45, 7) is 3.87. The summed E-state index contributed by atoms with van der Waals surface area (Å²) in [4.78, 5) is 12.2. The van der Waals surface area contributed by atoms with E-state index in [9.17, 15) is 4.79 Å². The lowest BCUT2D eigenvalue weighted by Crippen LogP contribution is -2.18. The number of nitrogens with zero attached hydrogens (tertiary/aromatic N) is 3. The quantitative estimate of drug-likeness (QED) is 0.676. The summed E-state index contributed by atoms with van der Waals surface area (Å²) < 4.78 is 1.48. The van der Waals surface area contributed by atoms with Crippen LogP contribution in [0.15, 0.2) is 16.0 Å². The van der Waals surface area contributed by atoms with Gasteiger partial charge in [0.2, 0.25) is 0 Å². The van der Waals surface area contributed by atoms with Crippen LogP contribution in [0.4, 0.5) is 0 Å². The standard InChI is InChI=1S/C12H14N4OS/c1-3-4-5-18-12-15-14-10-6-8(2)9(7-13)11(17)16(10)12/h6,14H,3-5H2,1-2H3. The molecule has 2 rings (SSSR count). The number of aromatic nitrogens is 3. The normalized spacial score (nSPS) is 10.7. The molecule has 2 aromatic heterocycles. The number of rotatable bonds is 4. The van der Waals surface area contributed by atoms with Crippen LogP contribution >= 0.6 is 11.8 Å². The molecular weight excluding hydrogens is 248 g/mol. The molecule has 0 aliphatic carbocycles. The van der Waals surface area contributed by atoms with Crippen LogP contribution in [0.3, 0.4) is 0 Å². The molecule has 0 bridgehead atoms. The molecule has 0 aliphatic rings. The van der Waals surface area contributed by atoms with Crippen LogP contribution < -0.4 is 5.56 Å². The molecule has 0 fully saturated rings. The van der Waals surface area contributed by atoms with Gasteiger partial charge >= 0.3 is 0 Å². The third kappa shape index (κ3) is 2.14. The molecule has 0 atom stereocenters. The SMILES string of the molecule is CCCCSc1n[nH]c2cc(C)c(C#N)c(=O)n12. The summed E-state index contributed by atoms with van der Waals surface area (Å²) in [5, 5.41) is 16.6. The number of hydrogen-bond donors (Lipinski definition) is 1. The van der Waals surface area contributed by atoms with E-state index in [0.29, 0.717) is 16.4 Å². The number of fused-ring (bicyclic) bond motifs is 1. The third-order valence-electron chi connectivity index (χ3n) is 2.70. The van der Waals surface area contributed by atoms with E-state index in [1.165, 1.54) is 16.2 Å². The van der Waals surface area contributed by atoms with Gasteiger partial charge in [0.25, 0.3) is 5.56 Å². The maximum atomic E-state index is 12.2. The first-order valence-corrected chi connectivity index (χ1v) is 6.81. The topological polar surface area (TPSA) is 73.9 Å². The molecule has 0 unspecified atom stereocenters. The molecule has 0 aliphatic heterocycles. The lowest BCUT2D eigenvalue weighted by molar-refractivity contribution is 0.870. The number of aromatic amines is 1. The van der Waals surface area contributed by atoms with Crippen molar-refractivity contribution in [3.05, 3.63) is 27.5 Å². The molecule has 94 valence electrons. The second-order valence-corrected chi connectivity index (χ2v) is 5.11. The second kappa shape index (κ2) is 5.27. The summed E-state index contributed by atoms with van der Waals surface area (Å²) in [5.74, 6) is 0.915. The zero-order chi connectivity index (χ0) is 13.1. The Bertz CT molecular complexity index is 665. The van der Waals surface area contributed by atoms with E-state index in [0.717, 1.165) is 18.6 Å². The highest BCUT2D eigenvalue weighted by atomic mass is 32.2. The lowest BCUT2D eigenvalue weighted by Gasteiger charge is -2.01. The fraction of sp³-hybridized carbons (Fsp3) is 0.417. The van der Waals surface area contributed by atoms with Crippen LogP contribution in [-0.4, -0.2) is 20.4 Å². The van der Waals surface area contributed by atoms with Crippen LogP contribution in [0.25, 0.3) is 5.65 Å². The molecule has 6 heteroatoms. The minimum Gasteiger partial charge on any atom is -0.267 e. The van der Waals surface area contributed by atoms with Gasteiger partial charge in [-0.2, -0.15) is 5.26 Å². The van der Waals surface area contributed by atoms with E-state index < -0.39 is 0 Å². The Morgan fingerprint density at radius 2 is 2.39 bits per heavy atom. The van der Waals surface area contributed by atoms with Crippen LogP contribution in [0.5, 0.6) is 0 Å². The zero-order valence-corrected chi connectivity index (χ0v) is 11.2. The molecule has 5 nitrogen and oxygen atoms in total. The van der Waals surface area contributed by atoms with Crippen molar-refractivity contribution in [2.24, 2.45) is 0 Å². The number of H-pyrrole nitrogens is 1. The molecule has 0 spiro atoms. The van der Waals surface area contributed by atoms with Gasteiger partial charge in [-0.15, -0.1) is 5.10 Å². The average molecular weight is 262 g/mol. The smallest absolute Gasteiger partial charge is 0.267 e. The molecule has 0 saturated heterocycles. The molecule has 0 saturated carbocycles. The van der Waals surface area contributed by atoms with Gasteiger partial charge in [-0.05, 0) is 25.0 Å². The minimum absolute atomic E-state index is 0.186. The monoisotopic (exact) mass is 262 g/mol. The van der Waals surface area contributed by atoms with E-state index in [1.54, 1.807) is 13.0 Å². The summed E-state index contributed by atoms with van der Waals surface area (Å²) in [6, 6.07) is 3.73. The molecule has 18 heavy (non-hydrogen) atoms. The van der Waals surface area contributed by atoms with Gasteiger partial charge in [-0.3, -0.25) is 9.89 Å². The predicted octanol–water partition coefficient (Wildman–Crippen LogP) is 2.09. The molecule has 2 heterocycles. The predicted molar refractivity (Wildman–Crippen MR) is 70.9 cm³/mol. The first kappa shape index (κ1) is 12.7. The van der Waals surface area contributed by atoms with Crippen molar-refractivity contribution in [2.45, 2.75) is 31.8 Å². The second-order valence-electron chi connectivity index (χ2n) is 4.05. The number of thioether (sulfide) groups is 1. The highest BCUT2D eigenvalue weighted by molar-refractivity contribution is 7.99. The van der Waals surface area contributed by atoms with Gasteiger partial charge < -0.3 is 0 Å². The van der Waals surface area contributed by atoms with Crippen molar-refractivity contribution in [3.8, 4) is 6.07 Å². The van der Waals surface area contributed by atoms with E-state index in [-0.39, 0.29) is 11.1 Å². The van der Waals surface area contributed by atoms with Gasteiger partial charge in [0.15, 0.2) is 5.16 Å². The number of aryl methyl sites for hydroxylation is 1. The van der Waals surface area contributed by atoms with Gasteiger partial charge in [0.1, 0.15) is 17.3 Å². The zero-order valence-electron chi connectivity index (χ0n) is 10.4. The molecule has 1 N–H and O–H groups in total. The van der Waals surface area contributed by atoms with Crippen molar-refractivity contribution in [1.29, 1.82) is 5.26 Å². The number of unbranched alkanes of at least 4 members (excludes halogenated alkanes) is 1. The molecule has 0 radical (unpaired) electrons. The first-order valence-electron chi connectivity index (χ1n) is 5.82. The largest absolute Gasteiger partial charge is 0.276 e. The van der Waals surface area contributed by atoms with Gasteiger partial charge in [-0.1, -0.05) is 25.1 Å². The summed E-state index contributed by atoms with van der Waals surface area (Å²) in [5.41, 5.74) is 1.21.